The Morgan fingerprint density at radius 3 is 2.74 bits per heavy atom. The normalized spacial score (nSPS) is 11.4. The third-order valence-electron chi connectivity index (χ3n) is 2.17. The Morgan fingerprint density at radius 2 is 2.11 bits per heavy atom. The number of rotatable bonds is 2. The predicted molar refractivity (Wildman–Crippen MR) is 55.5 cm³/mol. The Hall–Kier alpha value is -2.45. The summed E-state index contributed by atoms with van der Waals surface area (Å²) in [5, 5.41) is 3.59. The molecule has 0 aliphatic heterocycles. The topological polar surface area (TPSA) is 69.9 Å². The van der Waals surface area contributed by atoms with Crippen molar-refractivity contribution in [2.24, 2.45) is 0 Å². The van der Waals surface area contributed by atoms with Crippen molar-refractivity contribution in [1.29, 1.82) is 0 Å². The Balaban J connectivity index is 2.48. The zero-order valence-corrected chi connectivity index (χ0v) is 9.55. The Labute approximate surface area is 104 Å². The molecule has 0 radical (unpaired) electrons. The van der Waals surface area contributed by atoms with Crippen LogP contribution in [0.2, 0.25) is 0 Å². The number of hydrogen-bond donors (Lipinski definition) is 0. The Morgan fingerprint density at radius 1 is 1.37 bits per heavy atom. The molecule has 0 saturated heterocycles. The molecule has 0 aliphatic carbocycles. The number of halogens is 3. The van der Waals surface area contributed by atoms with Crippen LogP contribution in [0.3, 0.4) is 0 Å². The van der Waals surface area contributed by atoms with Gasteiger partial charge >= 0.3 is 12.1 Å². The second-order valence-electron chi connectivity index (χ2n) is 3.38. The van der Waals surface area contributed by atoms with Crippen LogP contribution in [0.15, 0.2) is 24.7 Å². The van der Waals surface area contributed by atoms with Gasteiger partial charge in [-0.3, -0.25) is 0 Å². The Bertz CT molecular complexity index is 609. The fourth-order valence-corrected chi connectivity index (χ4v) is 1.35. The standard InChI is InChI=1S/C10H7F3N4O2/c1-19-9(18)7-15-5-17(16-7)8-6(10(11,12)13)3-2-4-14-8/h2-5H,1H3. The van der Waals surface area contributed by atoms with Crippen molar-refractivity contribution >= 4 is 5.97 Å². The average Bonchev–Trinajstić information content (AvgIpc) is 2.86. The number of aromatic nitrogens is 4. The first-order valence-electron chi connectivity index (χ1n) is 4.96. The molecule has 6 nitrogen and oxygen atoms in total. The van der Waals surface area contributed by atoms with Crippen molar-refractivity contribution in [2.75, 3.05) is 7.11 Å². The maximum absolute atomic E-state index is 12.8. The number of ether oxygens (including phenoxy) is 1. The van der Waals surface area contributed by atoms with E-state index in [4.69, 9.17) is 0 Å². The van der Waals surface area contributed by atoms with Crippen LogP contribution in [0.4, 0.5) is 13.2 Å². The summed E-state index contributed by atoms with van der Waals surface area (Å²) in [6, 6.07) is 2.02. The number of pyridine rings is 1. The second kappa shape index (κ2) is 4.67. The van der Waals surface area contributed by atoms with E-state index in [0.717, 1.165) is 30.3 Å². The van der Waals surface area contributed by atoms with Gasteiger partial charge in [-0.2, -0.15) is 13.2 Å². The monoisotopic (exact) mass is 272 g/mol. The van der Waals surface area contributed by atoms with Crippen molar-refractivity contribution in [3.05, 3.63) is 36.0 Å². The van der Waals surface area contributed by atoms with Crippen LogP contribution >= 0.6 is 0 Å². The van der Waals surface area contributed by atoms with E-state index < -0.39 is 23.5 Å². The van der Waals surface area contributed by atoms with Crippen LogP contribution in [0.5, 0.6) is 0 Å². The first-order valence-corrected chi connectivity index (χ1v) is 4.96. The third-order valence-corrected chi connectivity index (χ3v) is 2.17. The molecule has 19 heavy (non-hydrogen) atoms. The van der Waals surface area contributed by atoms with Gasteiger partial charge in [0.15, 0.2) is 5.82 Å². The van der Waals surface area contributed by atoms with E-state index in [0.29, 0.717) is 0 Å². The molecule has 100 valence electrons. The van der Waals surface area contributed by atoms with E-state index in [2.05, 4.69) is 19.8 Å². The van der Waals surface area contributed by atoms with Crippen LogP contribution in [-0.4, -0.2) is 32.8 Å². The zero-order chi connectivity index (χ0) is 14.0. The highest BCUT2D eigenvalue weighted by molar-refractivity contribution is 5.84. The lowest BCUT2D eigenvalue weighted by Crippen LogP contribution is -2.13. The van der Waals surface area contributed by atoms with Crippen LogP contribution in [0, 0.1) is 0 Å². The summed E-state index contributed by atoms with van der Waals surface area (Å²) in [5.74, 6) is -1.65. The average molecular weight is 272 g/mol. The fraction of sp³-hybridized carbons (Fsp3) is 0.200. The number of nitrogens with zero attached hydrogens (tertiary/aromatic N) is 4. The van der Waals surface area contributed by atoms with E-state index in [-0.39, 0.29) is 5.82 Å². The van der Waals surface area contributed by atoms with E-state index in [1.165, 1.54) is 6.20 Å². The summed E-state index contributed by atoms with van der Waals surface area (Å²) in [6.45, 7) is 0. The predicted octanol–water partition coefficient (Wildman–Crippen LogP) is 1.47. The van der Waals surface area contributed by atoms with Gasteiger partial charge in [-0.05, 0) is 12.1 Å². The summed E-state index contributed by atoms with van der Waals surface area (Å²) in [7, 11) is 1.12. The summed E-state index contributed by atoms with van der Waals surface area (Å²) in [6.07, 6.45) is -2.44. The van der Waals surface area contributed by atoms with Crippen LogP contribution in [0.1, 0.15) is 16.2 Å². The Kier molecular flexibility index (Phi) is 3.19. The molecule has 2 aromatic heterocycles. The molecule has 2 aromatic rings. The molecule has 0 amide bonds. The molecule has 0 atom stereocenters. The van der Waals surface area contributed by atoms with Gasteiger partial charge in [0.2, 0.25) is 0 Å². The van der Waals surface area contributed by atoms with Crippen molar-refractivity contribution in [3.8, 4) is 5.82 Å². The van der Waals surface area contributed by atoms with Crippen molar-refractivity contribution in [2.45, 2.75) is 6.18 Å². The molecule has 0 aliphatic rings. The quantitative estimate of drug-likeness (QED) is 0.774. The van der Waals surface area contributed by atoms with Crippen molar-refractivity contribution < 1.29 is 22.7 Å². The first kappa shape index (κ1) is 13.0. The highest BCUT2D eigenvalue weighted by Crippen LogP contribution is 2.32. The van der Waals surface area contributed by atoms with Gasteiger partial charge in [0.05, 0.1) is 7.11 Å². The van der Waals surface area contributed by atoms with Gasteiger partial charge in [-0.1, -0.05) is 0 Å². The SMILES string of the molecule is COC(=O)c1ncn(-c2ncccc2C(F)(F)F)n1. The van der Waals surface area contributed by atoms with Crippen LogP contribution < -0.4 is 0 Å². The van der Waals surface area contributed by atoms with E-state index in [1.54, 1.807) is 0 Å². The van der Waals surface area contributed by atoms with E-state index in [9.17, 15) is 18.0 Å². The fourth-order valence-electron chi connectivity index (χ4n) is 1.35. The molecule has 0 unspecified atom stereocenters. The lowest BCUT2D eigenvalue weighted by atomic mass is 10.2. The second-order valence-corrected chi connectivity index (χ2v) is 3.38. The smallest absolute Gasteiger partial charge is 0.420 e. The van der Waals surface area contributed by atoms with Gasteiger partial charge in [-0.25, -0.2) is 19.4 Å². The zero-order valence-electron chi connectivity index (χ0n) is 9.55. The molecule has 9 heteroatoms. The maximum Gasteiger partial charge on any atom is 0.420 e. The van der Waals surface area contributed by atoms with Gasteiger partial charge in [-0.15, -0.1) is 5.10 Å². The van der Waals surface area contributed by atoms with Crippen LogP contribution in [-0.2, 0) is 10.9 Å². The molecule has 2 rings (SSSR count). The first-order chi connectivity index (χ1) is 8.93. The van der Waals surface area contributed by atoms with Gasteiger partial charge < -0.3 is 4.74 Å². The van der Waals surface area contributed by atoms with E-state index in [1.807, 2.05) is 0 Å². The molecule has 0 bridgehead atoms. The highest BCUT2D eigenvalue weighted by Gasteiger charge is 2.35. The third kappa shape index (κ3) is 2.54. The summed E-state index contributed by atoms with van der Waals surface area (Å²) in [5.41, 5.74) is -0.976. The number of hydrogen-bond acceptors (Lipinski definition) is 5. The van der Waals surface area contributed by atoms with E-state index >= 15 is 0 Å². The molecule has 0 fully saturated rings. The molecular weight excluding hydrogens is 265 g/mol. The van der Waals surface area contributed by atoms with Crippen molar-refractivity contribution in [3.63, 3.8) is 0 Å². The highest BCUT2D eigenvalue weighted by atomic mass is 19.4. The molecule has 0 spiro atoms. The molecule has 0 N–H and O–H groups in total. The number of carbonyl (C=O) groups excluding carboxylic acids is 1. The van der Waals surface area contributed by atoms with Crippen LogP contribution in [0.25, 0.3) is 5.82 Å². The molecular formula is C10H7F3N4O2. The number of carbonyl (C=O) groups is 1. The lowest BCUT2D eigenvalue weighted by Gasteiger charge is -2.10. The van der Waals surface area contributed by atoms with Gasteiger partial charge in [0.25, 0.3) is 5.82 Å². The van der Waals surface area contributed by atoms with Gasteiger partial charge in [0, 0.05) is 6.20 Å². The molecule has 2 heterocycles. The maximum atomic E-state index is 12.8. The minimum absolute atomic E-state index is 0.346. The molecule has 0 aromatic carbocycles. The summed E-state index contributed by atoms with van der Waals surface area (Å²) in [4.78, 5) is 18.3. The van der Waals surface area contributed by atoms with Gasteiger partial charge in [0.1, 0.15) is 11.9 Å². The minimum Gasteiger partial charge on any atom is -0.463 e. The summed E-state index contributed by atoms with van der Waals surface area (Å²) < 4.78 is 43.5. The molecule has 0 saturated carbocycles. The van der Waals surface area contributed by atoms with Crippen molar-refractivity contribution in [1.82, 2.24) is 19.7 Å². The number of methoxy groups -OCH3 is 1. The lowest BCUT2D eigenvalue weighted by molar-refractivity contribution is -0.137. The summed E-state index contributed by atoms with van der Waals surface area (Å²) >= 11 is 0. The largest absolute Gasteiger partial charge is 0.463 e. The number of esters is 1. The minimum atomic E-state index is -4.58. The number of alkyl halides is 3.